The Morgan fingerprint density at radius 1 is 1.44 bits per heavy atom. The van der Waals surface area contributed by atoms with Crippen molar-refractivity contribution in [2.75, 3.05) is 5.32 Å². The molecule has 98 valence electrons. The Hall–Kier alpha value is -1.95. The first-order valence-corrected chi connectivity index (χ1v) is 5.52. The van der Waals surface area contributed by atoms with E-state index in [0.717, 1.165) is 0 Å². The molecule has 0 heterocycles. The van der Waals surface area contributed by atoms with Crippen molar-refractivity contribution in [2.45, 2.75) is 26.8 Å². The molecule has 1 rings (SSSR count). The Morgan fingerprint density at radius 3 is 2.56 bits per heavy atom. The lowest BCUT2D eigenvalue weighted by Gasteiger charge is -2.25. The summed E-state index contributed by atoms with van der Waals surface area (Å²) in [6.45, 7) is 5.56. The van der Waals surface area contributed by atoms with Crippen LogP contribution in [-0.2, 0) is 4.79 Å². The van der Waals surface area contributed by atoms with E-state index < -0.39 is 11.0 Å². The van der Waals surface area contributed by atoms with Crippen molar-refractivity contribution >= 4 is 17.3 Å². The first-order chi connectivity index (χ1) is 8.21. The fraction of sp³-hybridized carbons (Fsp3) is 0.417. The van der Waals surface area contributed by atoms with Crippen molar-refractivity contribution in [3.05, 3.63) is 34.4 Å². The summed E-state index contributed by atoms with van der Waals surface area (Å²) in [5.74, 6) is -0.358. The molecule has 1 atom stereocenters. The van der Waals surface area contributed by atoms with Crippen LogP contribution in [0, 0.1) is 15.5 Å². The highest BCUT2D eigenvalue weighted by Gasteiger charge is 2.27. The minimum absolute atomic E-state index is 0.0721. The summed E-state index contributed by atoms with van der Waals surface area (Å²) in [5.41, 5.74) is 5.72. The van der Waals surface area contributed by atoms with Gasteiger partial charge in [0.2, 0.25) is 5.91 Å². The SMILES string of the molecule is CC(C)(C)[C@@H](N)C(=O)Nc1cccc([N+](=O)[O-])c1. The molecular weight excluding hydrogens is 234 g/mol. The minimum Gasteiger partial charge on any atom is -0.324 e. The van der Waals surface area contributed by atoms with E-state index in [2.05, 4.69) is 5.32 Å². The topological polar surface area (TPSA) is 98.3 Å². The molecule has 0 aromatic heterocycles. The highest BCUT2D eigenvalue weighted by Crippen LogP contribution is 2.21. The van der Waals surface area contributed by atoms with Crippen LogP contribution in [0.2, 0.25) is 0 Å². The maximum Gasteiger partial charge on any atom is 0.271 e. The summed E-state index contributed by atoms with van der Waals surface area (Å²) in [4.78, 5) is 21.9. The van der Waals surface area contributed by atoms with Gasteiger partial charge in [-0.1, -0.05) is 26.8 Å². The fourth-order valence-corrected chi connectivity index (χ4v) is 1.31. The third-order valence-corrected chi connectivity index (χ3v) is 2.54. The number of benzene rings is 1. The summed E-state index contributed by atoms with van der Waals surface area (Å²) >= 11 is 0. The average Bonchev–Trinajstić information content (AvgIpc) is 2.27. The highest BCUT2D eigenvalue weighted by atomic mass is 16.6. The van der Waals surface area contributed by atoms with E-state index >= 15 is 0 Å². The second-order valence-electron chi connectivity index (χ2n) is 5.14. The predicted molar refractivity (Wildman–Crippen MR) is 69.2 cm³/mol. The summed E-state index contributed by atoms with van der Waals surface area (Å²) in [6, 6.07) is 5.07. The van der Waals surface area contributed by atoms with Crippen molar-refractivity contribution in [1.29, 1.82) is 0 Å². The van der Waals surface area contributed by atoms with Crippen molar-refractivity contribution in [3.8, 4) is 0 Å². The normalized spacial score (nSPS) is 12.9. The van der Waals surface area contributed by atoms with Crippen LogP contribution >= 0.6 is 0 Å². The molecule has 0 fully saturated rings. The van der Waals surface area contributed by atoms with Gasteiger partial charge in [-0.15, -0.1) is 0 Å². The first kappa shape index (κ1) is 14.1. The van der Waals surface area contributed by atoms with E-state index in [0.29, 0.717) is 5.69 Å². The van der Waals surface area contributed by atoms with Crippen LogP contribution in [0.1, 0.15) is 20.8 Å². The number of nitro groups is 1. The van der Waals surface area contributed by atoms with E-state index in [1.807, 2.05) is 20.8 Å². The Bertz CT molecular complexity index is 466. The van der Waals surface area contributed by atoms with E-state index in [9.17, 15) is 14.9 Å². The third-order valence-electron chi connectivity index (χ3n) is 2.54. The molecule has 18 heavy (non-hydrogen) atoms. The second kappa shape index (κ2) is 5.14. The van der Waals surface area contributed by atoms with E-state index in [1.54, 1.807) is 6.07 Å². The summed E-state index contributed by atoms with van der Waals surface area (Å²) in [7, 11) is 0. The lowest BCUT2D eigenvalue weighted by atomic mass is 9.87. The predicted octanol–water partition coefficient (Wildman–Crippen LogP) is 1.91. The minimum atomic E-state index is -0.684. The van der Waals surface area contributed by atoms with Gasteiger partial charge in [0.05, 0.1) is 11.0 Å². The molecule has 0 aliphatic rings. The Kier molecular flexibility index (Phi) is 4.03. The largest absolute Gasteiger partial charge is 0.324 e. The number of nitrogens with two attached hydrogens (primary N) is 1. The number of non-ortho nitro benzene ring substituents is 1. The first-order valence-electron chi connectivity index (χ1n) is 5.52. The molecule has 0 unspecified atom stereocenters. The maximum absolute atomic E-state index is 11.8. The van der Waals surface area contributed by atoms with Gasteiger partial charge in [-0.2, -0.15) is 0 Å². The van der Waals surface area contributed by atoms with Gasteiger partial charge >= 0.3 is 0 Å². The lowest BCUT2D eigenvalue weighted by molar-refractivity contribution is -0.384. The van der Waals surface area contributed by atoms with Crippen LogP contribution in [0.15, 0.2) is 24.3 Å². The zero-order chi connectivity index (χ0) is 13.9. The number of hydrogen-bond acceptors (Lipinski definition) is 4. The van der Waals surface area contributed by atoms with Gasteiger partial charge in [-0.3, -0.25) is 14.9 Å². The number of nitrogens with one attached hydrogen (secondary N) is 1. The van der Waals surface area contributed by atoms with Crippen molar-refractivity contribution in [3.63, 3.8) is 0 Å². The molecule has 0 saturated carbocycles. The van der Waals surface area contributed by atoms with Crippen molar-refractivity contribution < 1.29 is 9.72 Å². The van der Waals surface area contributed by atoms with Crippen LogP contribution in [0.4, 0.5) is 11.4 Å². The van der Waals surface area contributed by atoms with Crippen LogP contribution in [-0.4, -0.2) is 16.9 Å². The molecule has 6 heteroatoms. The van der Waals surface area contributed by atoms with Crippen LogP contribution in [0.25, 0.3) is 0 Å². The van der Waals surface area contributed by atoms with Crippen LogP contribution in [0.3, 0.4) is 0 Å². The Morgan fingerprint density at radius 2 is 2.06 bits per heavy atom. The van der Waals surface area contributed by atoms with Crippen LogP contribution < -0.4 is 11.1 Å². The van der Waals surface area contributed by atoms with Crippen molar-refractivity contribution in [1.82, 2.24) is 0 Å². The smallest absolute Gasteiger partial charge is 0.271 e. The zero-order valence-corrected chi connectivity index (χ0v) is 10.6. The maximum atomic E-state index is 11.8. The quantitative estimate of drug-likeness (QED) is 0.633. The summed E-state index contributed by atoms with van der Waals surface area (Å²) < 4.78 is 0. The Balaban J connectivity index is 2.82. The van der Waals surface area contributed by atoms with E-state index in [-0.39, 0.29) is 17.0 Å². The third kappa shape index (κ3) is 3.53. The van der Waals surface area contributed by atoms with Gasteiger partial charge in [0.15, 0.2) is 0 Å². The highest BCUT2D eigenvalue weighted by molar-refractivity contribution is 5.95. The summed E-state index contributed by atoms with van der Waals surface area (Å²) in [5, 5.41) is 13.2. The number of hydrogen-bond donors (Lipinski definition) is 2. The molecular formula is C12H17N3O3. The molecule has 0 aliphatic carbocycles. The molecule has 0 saturated heterocycles. The zero-order valence-electron chi connectivity index (χ0n) is 10.6. The standard InChI is InChI=1S/C12H17N3O3/c1-12(2,3)10(13)11(16)14-8-5-4-6-9(7-8)15(17)18/h4-7,10H,13H2,1-3H3,(H,14,16)/t10-/m0/s1. The van der Waals surface area contributed by atoms with E-state index in [1.165, 1.54) is 18.2 Å². The lowest BCUT2D eigenvalue weighted by Crippen LogP contribution is -2.45. The van der Waals surface area contributed by atoms with Gasteiger partial charge in [0.25, 0.3) is 5.69 Å². The number of nitro benzene ring substituents is 1. The second-order valence-corrected chi connectivity index (χ2v) is 5.14. The summed E-state index contributed by atoms with van der Waals surface area (Å²) in [6.07, 6.45) is 0. The van der Waals surface area contributed by atoms with Crippen molar-refractivity contribution in [2.24, 2.45) is 11.1 Å². The molecule has 0 radical (unpaired) electrons. The number of carbonyl (C=O) groups is 1. The van der Waals surface area contributed by atoms with Gasteiger partial charge in [0.1, 0.15) is 0 Å². The number of nitrogens with zero attached hydrogens (tertiary/aromatic N) is 1. The molecule has 6 nitrogen and oxygen atoms in total. The van der Waals surface area contributed by atoms with Gasteiger partial charge in [0, 0.05) is 17.8 Å². The Labute approximate surface area is 105 Å². The number of amides is 1. The molecule has 1 aromatic carbocycles. The average molecular weight is 251 g/mol. The molecule has 1 aromatic rings. The fourth-order valence-electron chi connectivity index (χ4n) is 1.31. The monoisotopic (exact) mass is 251 g/mol. The van der Waals surface area contributed by atoms with Gasteiger partial charge in [-0.25, -0.2) is 0 Å². The number of rotatable bonds is 3. The molecule has 0 bridgehead atoms. The van der Waals surface area contributed by atoms with Gasteiger partial charge < -0.3 is 11.1 Å². The molecule has 0 aliphatic heterocycles. The molecule has 1 amide bonds. The molecule has 3 N–H and O–H groups in total. The van der Waals surface area contributed by atoms with E-state index in [4.69, 9.17) is 5.73 Å². The molecule has 0 spiro atoms. The number of carbonyl (C=O) groups excluding carboxylic acids is 1. The number of anilines is 1. The van der Waals surface area contributed by atoms with Crippen LogP contribution in [0.5, 0.6) is 0 Å². The van der Waals surface area contributed by atoms with Gasteiger partial charge in [-0.05, 0) is 11.5 Å².